The van der Waals surface area contributed by atoms with Crippen LogP contribution >= 0.6 is 0 Å². The van der Waals surface area contributed by atoms with Crippen molar-refractivity contribution in [3.05, 3.63) is 77.8 Å². The van der Waals surface area contributed by atoms with Crippen LogP contribution in [0.25, 0.3) is 11.3 Å². The number of halogens is 1. The van der Waals surface area contributed by atoms with Crippen molar-refractivity contribution in [1.82, 2.24) is 5.32 Å². The summed E-state index contributed by atoms with van der Waals surface area (Å²) in [4.78, 5) is 24.4. The first-order valence-corrected chi connectivity index (χ1v) is 9.44. The fourth-order valence-corrected chi connectivity index (χ4v) is 2.79. The molecule has 1 heterocycles. The monoisotopic (exact) mass is 411 g/mol. The molecule has 1 amide bonds. The number of ether oxygens (including phenoxy) is 2. The summed E-state index contributed by atoms with van der Waals surface area (Å²) < 4.78 is 29.5. The van der Waals surface area contributed by atoms with Gasteiger partial charge in [0.2, 0.25) is 5.76 Å². The summed E-state index contributed by atoms with van der Waals surface area (Å²) in [6.45, 7) is 1.87. The molecule has 3 aromatic rings. The second-order valence-electron chi connectivity index (χ2n) is 6.58. The Morgan fingerprint density at radius 2 is 1.80 bits per heavy atom. The lowest BCUT2D eigenvalue weighted by Gasteiger charge is -2.13. The van der Waals surface area contributed by atoms with E-state index in [1.54, 1.807) is 25.3 Å². The zero-order chi connectivity index (χ0) is 21.5. The van der Waals surface area contributed by atoms with E-state index in [1.165, 1.54) is 25.1 Å². The number of rotatable bonds is 8. The van der Waals surface area contributed by atoms with Crippen LogP contribution in [0, 0.1) is 5.82 Å². The Kier molecular flexibility index (Phi) is 6.85. The van der Waals surface area contributed by atoms with Gasteiger partial charge >= 0.3 is 5.97 Å². The van der Waals surface area contributed by atoms with Crippen LogP contribution in [-0.4, -0.2) is 31.6 Å². The maximum Gasteiger partial charge on any atom is 0.375 e. The van der Waals surface area contributed by atoms with E-state index >= 15 is 0 Å². The molecule has 0 fully saturated rings. The van der Waals surface area contributed by atoms with E-state index in [1.807, 2.05) is 24.3 Å². The SMILES string of the molecule is COc1ccc(CCNC(=O)[C@H](C)OC(=O)c2ccc(-c3ccccc3F)o2)cc1. The number of esters is 1. The number of amides is 1. The maximum absolute atomic E-state index is 13.8. The van der Waals surface area contributed by atoms with Crippen LogP contribution in [0.4, 0.5) is 4.39 Å². The molecule has 2 aromatic carbocycles. The van der Waals surface area contributed by atoms with E-state index in [4.69, 9.17) is 13.9 Å². The molecule has 0 radical (unpaired) electrons. The van der Waals surface area contributed by atoms with E-state index < -0.39 is 23.8 Å². The second-order valence-corrected chi connectivity index (χ2v) is 6.58. The molecule has 1 atom stereocenters. The zero-order valence-electron chi connectivity index (χ0n) is 16.7. The second kappa shape index (κ2) is 9.73. The molecule has 0 spiro atoms. The quantitative estimate of drug-likeness (QED) is 0.567. The van der Waals surface area contributed by atoms with Gasteiger partial charge in [0.15, 0.2) is 6.10 Å². The summed E-state index contributed by atoms with van der Waals surface area (Å²) in [6, 6.07) is 16.5. The third-order valence-electron chi connectivity index (χ3n) is 4.47. The van der Waals surface area contributed by atoms with Gasteiger partial charge in [0, 0.05) is 6.54 Å². The van der Waals surface area contributed by atoms with Crippen molar-refractivity contribution in [2.24, 2.45) is 0 Å². The number of hydrogen-bond donors (Lipinski definition) is 1. The number of carbonyl (C=O) groups is 2. The molecular formula is C23H22FNO5. The van der Waals surface area contributed by atoms with Crippen molar-refractivity contribution in [2.75, 3.05) is 13.7 Å². The van der Waals surface area contributed by atoms with Gasteiger partial charge in [0.1, 0.15) is 17.3 Å². The average Bonchev–Trinajstić information content (AvgIpc) is 3.24. The summed E-state index contributed by atoms with van der Waals surface area (Å²) in [6.07, 6.45) is -0.379. The summed E-state index contributed by atoms with van der Waals surface area (Å²) in [7, 11) is 1.60. The Morgan fingerprint density at radius 3 is 2.50 bits per heavy atom. The van der Waals surface area contributed by atoms with Crippen molar-refractivity contribution in [2.45, 2.75) is 19.4 Å². The van der Waals surface area contributed by atoms with Crippen molar-refractivity contribution < 1.29 is 27.9 Å². The summed E-state index contributed by atoms with van der Waals surface area (Å²) >= 11 is 0. The van der Waals surface area contributed by atoms with Crippen LogP contribution in [-0.2, 0) is 16.0 Å². The van der Waals surface area contributed by atoms with Crippen LogP contribution in [0.5, 0.6) is 5.75 Å². The summed E-state index contributed by atoms with van der Waals surface area (Å²) in [5.41, 5.74) is 1.28. The van der Waals surface area contributed by atoms with E-state index in [0.717, 1.165) is 11.3 Å². The highest BCUT2D eigenvalue weighted by molar-refractivity contribution is 5.90. The van der Waals surface area contributed by atoms with Gasteiger partial charge in [-0.25, -0.2) is 9.18 Å². The van der Waals surface area contributed by atoms with Gasteiger partial charge in [-0.2, -0.15) is 0 Å². The molecule has 0 saturated heterocycles. The molecule has 1 aromatic heterocycles. The van der Waals surface area contributed by atoms with Crippen molar-refractivity contribution >= 4 is 11.9 Å². The smallest absolute Gasteiger partial charge is 0.375 e. The minimum Gasteiger partial charge on any atom is -0.497 e. The summed E-state index contributed by atoms with van der Waals surface area (Å²) in [5, 5.41) is 2.73. The van der Waals surface area contributed by atoms with Gasteiger partial charge in [-0.3, -0.25) is 4.79 Å². The van der Waals surface area contributed by atoms with Crippen molar-refractivity contribution in [3.63, 3.8) is 0 Å². The Balaban J connectivity index is 1.50. The standard InChI is InChI=1S/C23H22FNO5/c1-15(22(26)25-14-13-16-7-9-17(28-2)10-8-16)29-23(27)21-12-11-20(30-21)18-5-3-4-6-19(18)24/h3-12,15H,13-14H2,1-2H3,(H,25,26)/t15-/m0/s1. The molecule has 6 nitrogen and oxygen atoms in total. The van der Waals surface area contributed by atoms with Gasteiger partial charge in [0.05, 0.1) is 12.7 Å². The van der Waals surface area contributed by atoms with Gasteiger partial charge in [-0.1, -0.05) is 24.3 Å². The molecular weight excluding hydrogens is 389 g/mol. The number of hydrogen-bond acceptors (Lipinski definition) is 5. The Bertz CT molecular complexity index is 1010. The normalized spacial score (nSPS) is 11.6. The predicted octanol–water partition coefficient (Wildman–Crippen LogP) is 4.00. The number of carbonyl (C=O) groups excluding carboxylic acids is 2. The van der Waals surface area contributed by atoms with Crippen molar-refractivity contribution in [3.8, 4) is 17.1 Å². The van der Waals surface area contributed by atoms with Crippen molar-refractivity contribution in [1.29, 1.82) is 0 Å². The molecule has 156 valence electrons. The van der Waals surface area contributed by atoms with Crippen LogP contribution in [0.1, 0.15) is 23.0 Å². The number of methoxy groups -OCH3 is 1. The number of furan rings is 1. The lowest BCUT2D eigenvalue weighted by Crippen LogP contribution is -2.36. The minimum atomic E-state index is -1.00. The highest BCUT2D eigenvalue weighted by Gasteiger charge is 2.21. The number of nitrogens with one attached hydrogen (secondary N) is 1. The summed E-state index contributed by atoms with van der Waals surface area (Å²) in [5.74, 6) is -0.813. The van der Waals surface area contributed by atoms with Gasteiger partial charge < -0.3 is 19.2 Å². The molecule has 3 rings (SSSR count). The highest BCUT2D eigenvalue weighted by atomic mass is 19.1. The van der Waals surface area contributed by atoms with E-state index in [0.29, 0.717) is 13.0 Å². The first-order valence-electron chi connectivity index (χ1n) is 9.44. The molecule has 0 aliphatic rings. The molecule has 7 heteroatoms. The molecule has 1 N–H and O–H groups in total. The predicted molar refractivity (Wildman–Crippen MR) is 109 cm³/mol. The van der Waals surface area contributed by atoms with Gasteiger partial charge in [0.25, 0.3) is 5.91 Å². The van der Waals surface area contributed by atoms with E-state index in [9.17, 15) is 14.0 Å². The number of benzene rings is 2. The van der Waals surface area contributed by atoms with Crippen LogP contribution < -0.4 is 10.1 Å². The molecule has 0 aliphatic heterocycles. The fraction of sp³-hybridized carbons (Fsp3) is 0.217. The largest absolute Gasteiger partial charge is 0.497 e. The first kappa shape index (κ1) is 21.1. The Labute approximate surface area is 173 Å². The maximum atomic E-state index is 13.8. The lowest BCUT2D eigenvalue weighted by molar-refractivity contribution is -0.129. The lowest BCUT2D eigenvalue weighted by atomic mass is 10.1. The zero-order valence-corrected chi connectivity index (χ0v) is 16.7. The Hall–Kier alpha value is -3.61. The van der Waals surface area contributed by atoms with Crippen LogP contribution in [0.2, 0.25) is 0 Å². The van der Waals surface area contributed by atoms with Gasteiger partial charge in [-0.15, -0.1) is 0 Å². The van der Waals surface area contributed by atoms with Gasteiger partial charge in [-0.05, 0) is 55.3 Å². The molecule has 0 bridgehead atoms. The Morgan fingerprint density at radius 1 is 1.07 bits per heavy atom. The van der Waals surface area contributed by atoms with E-state index in [-0.39, 0.29) is 17.1 Å². The first-order chi connectivity index (χ1) is 14.5. The van der Waals surface area contributed by atoms with E-state index in [2.05, 4.69) is 5.32 Å². The molecule has 0 unspecified atom stereocenters. The third-order valence-corrected chi connectivity index (χ3v) is 4.47. The van der Waals surface area contributed by atoms with Crippen LogP contribution in [0.3, 0.4) is 0 Å². The molecule has 30 heavy (non-hydrogen) atoms. The minimum absolute atomic E-state index is 0.105. The average molecular weight is 411 g/mol. The molecule has 0 aliphatic carbocycles. The third kappa shape index (κ3) is 5.26. The highest BCUT2D eigenvalue weighted by Crippen LogP contribution is 2.25. The topological polar surface area (TPSA) is 77.8 Å². The molecule has 0 saturated carbocycles. The van der Waals surface area contributed by atoms with Crippen LogP contribution in [0.15, 0.2) is 65.1 Å². The fourth-order valence-electron chi connectivity index (χ4n) is 2.79.